The van der Waals surface area contributed by atoms with Crippen molar-refractivity contribution < 1.29 is 19.5 Å². The first kappa shape index (κ1) is 25.7. The molecule has 182 valence electrons. The maximum Gasteiger partial charge on any atom is 0.266 e. The highest BCUT2D eigenvalue weighted by molar-refractivity contribution is 5.97. The van der Waals surface area contributed by atoms with Crippen molar-refractivity contribution in [2.45, 2.75) is 45.6 Å². The van der Waals surface area contributed by atoms with E-state index in [1.54, 1.807) is 25.4 Å². The summed E-state index contributed by atoms with van der Waals surface area (Å²) in [6.07, 6.45) is 15.3. The van der Waals surface area contributed by atoms with Crippen LogP contribution in [0.15, 0.2) is 58.7 Å². The summed E-state index contributed by atoms with van der Waals surface area (Å²) in [6, 6.07) is -0.784. The third kappa shape index (κ3) is 7.84. The van der Waals surface area contributed by atoms with Crippen molar-refractivity contribution in [3.05, 3.63) is 58.7 Å². The predicted molar refractivity (Wildman–Crippen MR) is 132 cm³/mol. The molecule has 0 aromatic heterocycles. The van der Waals surface area contributed by atoms with Gasteiger partial charge < -0.3 is 10.1 Å². The van der Waals surface area contributed by atoms with Gasteiger partial charge in [0.05, 0.1) is 13.2 Å². The molecule has 1 heterocycles. The molecule has 0 spiro atoms. The van der Waals surface area contributed by atoms with Crippen molar-refractivity contribution in [3.63, 3.8) is 0 Å². The van der Waals surface area contributed by atoms with Gasteiger partial charge in [-0.2, -0.15) is 0 Å². The van der Waals surface area contributed by atoms with E-state index in [0.29, 0.717) is 18.4 Å². The van der Waals surface area contributed by atoms with E-state index in [9.17, 15) is 9.59 Å². The van der Waals surface area contributed by atoms with Crippen LogP contribution in [0.4, 0.5) is 0 Å². The van der Waals surface area contributed by atoms with Crippen LogP contribution in [0.3, 0.4) is 0 Å². The lowest BCUT2D eigenvalue weighted by Crippen LogP contribution is -2.49. The summed E-state index contributed by atoms with van der Waals surface area (Å²) in [5, 5.41) is 11.6. The minimum absolute atomic E-state index is 0.143. The molecule has 0 bridgehead atoms. The molecule has 1 unspecified atom stereocenters. The molecule has 1 atom stereocenters. The van der Waals surface area contributed by atoms with Gasteiger partial charge >= 0.3 is 0 Å². The summed E-state index contributed by atoms with van der Waals surface area (Å²) >= 11 is 0. The summed E-state index contributed by atoms with van der Waals surface area (Å²) in [4.78, 5) is 26.7. The van der Waals surface area contributed by atoms with Crippen molar-refractivity contribution in [2.75, 3.05) is 32.8 Å². The van der Waals surface area contributed by atoms with E-state index >= 15 is 0 Å². The van der Waals surface area contributed by atoms with Gasteiger partial charge in [0.2, 0.25) is 5.91 Å². The topological polar surface area (TPSA) is 90.9 Å². The minimum atomic E-state index is -0.784. The Bertz CT molecular complexity index is 970. The average molecular weight is 466 g/mol. The maximum absolute atomic E-state index is 12.5. The second kappa shape index (κ2) is 13.1. The number of nitrogens with one attached hydrogen (secondary N) is 2. The van der Waals surface area contributed by atoms with Crippen LogP contribution in [-0.2, 0) is 14.3 Å². The van der Waals surface area contributed by atoms with Crippen LogP contribution in [-0.4, -0.2) is 60.8 Å². The van der Waals surface area contributed by atoms with Gasteiger partial charge in [0.15, 0.2) is 0 Å². The molecule has 2 aliphatic carbocycles. The number of rotatable bonds is 7. The molecule has 0 aromatic carbocycles. The lowest BCUT2D eigenvalue weighted by Gasteiger charge is -2.28. The van der Waals surface area contributed by atoms with Gasteiger partial charge in [0, 0.05) is 30.8 Å². The van der Waals surface area contributed by atoms with Gasteiger partial charge in [-0.3, -0.25) is 19.7 Å². The molecule has 0 radical (unpaired) electrons. The first-order chi connectivity index (χ1) is 16.5. The lowest BCUT2D eigenvalue weighted by atomic mass is 9.96. The molecule has 1 fully saturated rings. The van der Waals surface area contributed by atoms with Gasteiger partial charge in [0.25, 0.3) is 5.91 Å². The number of morpholine rings is 1. The Morgan fingerprint density at radius 3 is 2.53 bits per heavy atom. The highest BCUT2D eigenvalue weighted by Gasteiger charge is 2.25. The van der Waals surface area contributed by atoms with Gasteiger partial charge in [-0.1, -0.05) is 61.6 Å². The van der Waals surface area contributed by atoms with E-state index in [-0.39, 0.29) is 11.8 Å². The van der Waals surface area contributed by atoms with Crippen molar-refractivity contribution in [3.8, 4) is 11.8 Å². The number of allylic oxidation sites excluding steroid dienone is 8. The number of amides is 2. The minimum Gasteiger partial charge on any atom is -0.379 e. The monoisotopic (exact) mass is 465 g/mol. The predicted octanol–water partition coefficient (Wildman–Crippen LogP) is 2.82. The van der Waals surface area contributed by atoms with Gasteiger partial charge in [-0.15, -0.1) is 0 Å². The van der Waals surface area contributed by atoms with Crippen LogP contribution >= 0.6 is 0 Å². The Morgan fingerprint density at radius 1 is 1.12 bits per heavy atom. The molecule has 1 aliphatic heterocycles. The van der Waals surface area contributed by atoms with Crippen molar-refractivity contribution in [1.82, 2.24) is 15.7 Å². The van der Waals surface area contributed by atoms with Gasteiger partial charge in [-0.05, 0) is 43.3 Å². The Kier molecular flexibility index (Phi) is 9.89. The van der Waals surface area contributed by atoms with Crippen molar-refractivity contribution in [1.29, 1.82) is 0 Å². The van der Waals surface area contributed by atoms with Gasteiger partial charge in [0.1, 0.15) is 6.04 Å². The highest BCUT2D eigenvalue weighted by Crippen LogP contribution is 2.21. The van der Waals surface area contributed by atoms with E-state index in [4.69, 9.17) is 9.94 Å². The summed E-state index contributed by atoms with van der Waals surface area (Å²) < 4.78 is 5.41. The Balaban J connectivity index is 1.50. The molecule has 3 N–H and O–H groups in total. The number of carbonyl (C=O) groups is 2. The van der Waals surface area contributed by atoms with Crippen LogP contribution in [0.25, 0.3) is 0 Å². The average Bonchev–Trinajstić information content (AvgIpc) is 2.86. The third-order valence-electron chi connectivity index (χ3n) is 6.20. The van der Waals surface area contributed by atoms with E-state index in [1.807, 2.05) is 12.2 Å². The second-order valence-electron chi connectivity index (χ2n) is 9.11. The fraction of sp³-hybridized carbons (Fsp3) is 0.481. The molecular formula is C27H35N3O4. The van der Waals surface area contributed by atoms with Crippen LogP contribution in [0.5, 0.6) is 0 Å². The molecule has 3 aliphatic rings. The van der Waals surface area contributed by atoms with E-state index < -0.39 is 11.9 Å². The largest absolute Gasteiger partial charge is 0.379 e. The molecule has 0 aromatic rings. The number of nitrogens with zero attached hydrogens (tertiary/aromatic N) is 1. The second-order valence-corrected chi connectivity index (χ2v) is 9.11. The van der Waals surface area contributed by atoms with Crippen LogP contribution in [0.2, 0.25) is 0 Å². The summed E-state index contributed by atoms with van der Waals surface area (Å²) in [5.41, 5.74) is 5.94. The summed E-state index contributed by atoms with van der Waals surface area (Å²) in [6.45, 7) is 8.34. The molecule has 0 saturated carbocycles. The van der Waals surface area contributed by atoms with E-state index in [2.05, 4.69) is 40.3 Å². The zero-order valence-electron chi connectivity index (χ0n) is 20.1. The smallest absolute Gasteiger partial charge is 0.266 e. The first-order valence-corrected chi connectivity index (χ1v) is 12.0. The number of ether oxygens (including phenoxy) is 1. The fourth-order valence-corrected chi connectivity index (χ4v) is 4.07. The van der Waals surface area contributed by atoms with Crippen molar-refractivity contribution >= 4 is 11.8 Å². The SMILES string of the molecule is CC(C)C(NC(=O)C1=CC=C(C#C/C=C/C2=CC=C(CN3CCOCC3)CC2)CC1)C(=O)NO. The Morgan fingerprint density at radius 2 is 1.91 bits per heavy atom. The molecule has 34 heavy (non-hydrogen) atoms. The number of carbonyl (C=O) groups excluding carboxylic acids is 2. The Hall–Kier alpha value is -2.92. The molecule has 3 rings (SSSR count). The molecule has 1 saturated heterocycles. The van der Waals surface area contributed by atoms with Crippen LogP contribution in [0, 0.1) is 17.8 Å². The van der Waals surface area contributed by atoms with Gasteiger partial charge in [-0.25, -0.2) is 5.48 Å². The molecule has 2 amide bonds. The first-order valence-electron chi connectivity index (χ1n) is 12.0. The quantitative estimate of drug-likeness (QED) is 0.306. The van der Waals surface area contributed by atoms with Crippen LogP contribution < -0.4 is 10.8 Å². The molecule has 7 heteroatoms. The number of hydroxylamine groups is 1. The summed E-state index contributed by atoms with van der Waals surface area (Å²) in [7, 11) is 0. The number of hydrogen-bond donors (Lipinski definition) is 3. The van der Waals surface area contributed by atoms with E-state index in [1.165, 1.54) is 11.1 Å². The standard InChI is InChI=1S/C27H35N3O4/c1-20(2)25(27(32)29-33)28-26(31)24-13-11-22(12-14-24)6-4-3-5-21-7-9-23(10-8-21)19-30-15-17-34-18-16-30/h3,5,7,9,11,13,20,25,33H,8,10,12,14-19H2,1-2H3,(H,28,31)(H,29,32)/b5-3+. The normalized spacial score (nSPS) is 19.9. The zero-order valence-corrected chi connectivity index (χ0v) is 20.1. The third-order valence-corrected chi connectivity index (χ3v) is 6.20. The number of hydrogen-bond acceptors (Lipinski definition) is 5. The van der Waals surface area contributed by atoms with Crippen LogP contribution in [0.1, 0.15) is 39.5 Å². The zero-order chi connectivity index (χ0) is 24.3. The highest BCUT2D eigenvalue weighted by atomic mass is 16.5. The lowest BCUT2D eigenvalue weighted by molar-refractivity contribution is -0.135. The Labute approximate surface area is 202 Å². The molecular weight excluding hydrogens is 430 g/mol. The van der Waals surface area contributed by atoms with E-state index in [0.717, 1.165) is 51.3 Å². The maximum atomic E-state index is 12.5. The fourth-order valence-electron chi connectivity index (χ4n) is 4.07. The summed E-state index contributed by atoms with van der Waals surface area (Å²) in [5.74, 6) is 5.20. The van der Waals surface area contributed by atoms with Crippen molar-refractivity contribution in [2.24, 2.45) is 5.92 Å². The molecule has 7 nitrogen and oxygen atoms in total.